The summed E-state index contributed by atoms with van der Waals surface area (Å²) in [5.74, 6) is 1.61. The van der Waals surface area contributed by atoms with Crippen molar-refractivity contribution in [3.05, 3.63) is 29.8 Å². The maximum absolute atomic E-state index is 10.7. The van der Waals surface area contributed by atoms with Gasteiger partial charge in [-0.1, -0.05) is 31.9 Å². The third-order valence-electron chi connectivity index (χ3n) is 3.59. The summed E-state index contributed by atoms with van der Waals surface area (Å²) in [6.07, 6.45) is 4.90. The Bertz CT molecular complexity index is 429. The normalized spacial score (nSPS) is 24.8. The molecule has 0 aliphatic heterocycles. The summed E-state index contributed by atoms with van der Waals surface area (Å²) in [7, 11) is -4.44. The van der Waals surface area contributed by atoms with Crippen LogP contribution in [0.5, 0.6) is 5.75 Å². The van der Waals surface area contributed by atoms with E-state index in [1.54, 1.807) is 12.1 Å². The minimum absolute atomic E-state index is 0.219. The molecule has 4 nitrogen and oxygen atoms in total. The Kier molecular flexibility index (Phi) is 4.10. The second-order valence-corrected chi connectivity index (χ2v) is 6.27. The molecule has 1 saturated carbocycles. The monoisotopic (exact) mass is 270 g/mol. The summed E-state index contributed by atoms with van der Waals surface area (Å²) >= 11 is 0. The highest BCUT2D eigenvalue weighted by Gasteiger charge is 2.20. The Balaban J connectivity index is 2.01. The largest absolute Gasteiger partial charge is 0.524 e. The SMILES string of the molecule is CC1CCC(c2ccc(OP(=O)(O)O)cc2)CC1. The smallest absolute Gasteiger partial charge is 0.404 e. The van der Waals surface area contributed by atoms with Crippen LogP contribution in [0.3, 0.4) is 0 Å². The van der Waals surface area contributed by atoms with Crippen LogP contribution >= 0.6 is 7.82 Å². The van der Waals surface area contributed by atoms with Gasteiger partial charge < -0.3 is 4.52 Å². The number of phosphoric acid groups is 1. The molecule has 1 aromatic carbocycles. The van der Waals surface area contributed by atoms with Crippen LogP contribution in [-0.2, 0) is 4.57 Å². The molecule has 0 bridgehead atoms. The molecule has 0 saturated heterocycles. The first-order valence-corrected chi connectivity index (χ1v) is 7.82. The lowest BCUT2D eigenvalue weighted by molar-refractivity contribution is 0.283. The fourth-order valence-corrected chi connectivity index (χ4v) is 2.93. The van der Waals surface area contributed by atoms with Gasteiger partial charge in [-0.05, 0) is 42.4 Å². The Morgan fingerprint density at radius 1 is 1.11 bits per heavy atom. The van der Waals surface area contributed by atoms with Gasteiger partial charge in [0, 0.05) is 0 Å². The van der Waals surface area contributed by atoms with Crippen molar-refractivity contribution >= 4 is 7.82 Å². The Hall–Kier alpha value is -0.830. The maximum atomic E-state index is 10.7. The van der Waals surface area contributed by atoms with E-state index >= 15 is 0 Å². The highest BCUT2D eigenvalue weighted by Crippen LogP contribution is 2.39. The summed E-state index contributed by atoms with van der Waals surface area (Å²) in [4.78, 5) is 17.4. The van der Waals surface area contributed by atoms with Gasteiger partial charge in [0.2, 0.25) is 0 Å². The maximum Gasteiger partial charge on any atom is 0.524 e. The fraction of sp³-hybridized carbons (Fsp3) is 0.538. The molecule has 0 radical (unpaired) electrons. The average molecular weight is 270 g/mol. The van der Waals surface area contributed by atoms with Crippen molar-refractivity contribution in [1.82, 2.24) is 0 Å². The molecule has 0 unspecified atom stereocenters. The zero-order valence-corrected chi connectivity index (χ0v) is 11.3. The third-order valence-corrected chi connectivity index (χ3v) is 4.04. The van der Waals surface area contributed by atoms with E-state index in [0.717, 1.165) is 5.92 Å². The standard InChI is InChI=1S/C13H19O4P/c1-10-2-4-11(5-3-10)12-6-8-13(9-7-12)17-18(14,15)16/h6-11H,2-5H2,1H3,(H2,14,15,16). The van der Waals surface area contributed by atoms with Crippen molar-refractivity contribution < 1.29 is 18.9 Å². The molecule has 0 amide bonds. The lowest BCUT2D eigenvalue weighted by Crippen LogP contribution is -2.10. The first-order valence-electron chi connectivity index (χ1n) is 6.29. The van der Waals surface area contributed by atoms with Crippen LogP contribution in [0.2, 0.25) is 0 Å². The molecule has 0 atom stereocenters. The third kappa shape index (κ3) is 3.84. The quantitative estimate of drug-likeness (QED) is 0.825. The number of phosphoric ester groups is 1. The Labute approximate surface area is 107 Å². The van der Waals surface area contributed by atoms with E-state index in [1.807, 2.05) is 12.1 Å². The predicted molar refractivity (Wildman–Crippen MR) is 69.5 cm³/mol. The topological polar surface area (TPSA) is 66.8 Å². The molecule has 5 heteroatoms. The van der Waals surface area contributed by atoms with E-state index < -0.39 is 7.82 Å². The van der Waals surface area contributed by atoms with Gasteiger partial charge in [0.25, 0.3) is 0 Å². The number of hydrogen-bond donors (Lipinski definition) is 2. The van der Waals surface area contributed by atoms with Crippen molar-refractivity contribution in [3.8, 4) is 5.75 Å². The molecule has 0 aromatic heterocycles. The summed E-state index contributed by atoms with van der Waals surface area (Å²) in [5.41, 5.74) is 1.24. The lowest BCUT2D eigenvalue weighted by Gasteiger charge is -2.26. The van der Waals surface area contributed by atoms with Crippen molar-refractivity contribution in [3.63, 3.8) is 0 Å². The van der Waals surface area contributed by atoms with Crippen LogP contribution in [0.25, 0.3) is 0 Å². The number of hydrogen-bond acceptors (Lipinski definition) is 2. The van der Waals surface area contributed by atoms with E-state index in [0.29, 0.717) is 5.92 Å². The van der Waals surface area contributed by atoms with Crippen LogP contribution in [0.1, 0.15) is 44.1 Å². The van der Waals surface area contributed by atoms with Crippen LogP contribution in [-0.4, -0.2) is 9.79 Å². The second-order valence-electron chi connectivity index (χ2n) is 5.11. The van der Waals surface area contributed by atoms with Crippen molar-refractivity contribution in [2.75, 3.05) is 0 Å². The van der Waals surface area contributed by atoms with Crippen LogP contribution in [0.4, 0.5) is 0 Å². The molecule has 100 valence electrons. The zero-order chi connectivity index (χ0) is 13.2. The molecule has 1 aliphatic rings. The van der Waals surface area contributed by atoms with Gasteiger partial charge in [-0.2, -0.15) is 0 Å². The van der Waals surface area contributed by atoms with Gasteiger partial charge in [-0.25, -0.2) is 4.57 Å². The minimum atomic E-state index is -4.44. The molecule has 1 aliphatic carbocycles. The average Bonchev–Trinajstić information content (AvgIpc) is 2.29. The molecule has 0 heterocycles. The van der Waals surface area contributed by atoms with Crippen molar-refractivity contribution in [2.45, 2.75) is 38.5 Å². The molecule has 0 spiro atoms. The summed E-state index contributed by atoms with van der Waals surface area (Å²) < 4.78 is 15.2. The summed E-state index contributed by atoms with van der Waals surface area (Å²) in [6, 6.07) is 7.08. The molecule has 1 fully saturated rings. The molecule has 1 aromatic rings. The van der Waals surface area contributed by atoms with E-state index in [-0.39, 0.29) is 5.75 Å². The predicted octanol–water partition coefficient (Wildman–Crippen LogP) is 3.45. The van der Waals surface area contributed by atoms with Gasteiger partial charge in [-0.15, -0.1) is 0 Å². The molecule has 18 heavy (non-hydrogen) atoms. The highest BCUT2D eigenvalue weighted by molar-refractivity contribution is 7.46. The zero-order valence-electron chi connectivity index (χ0n) is 10.5. The van der Waals surface area contributed by atoms with Crippen LogP contribution in [0.15, 0.2) is 24.3 Å². The first kappa shape index (κ1) is 13.6. The van der Waals surface area contributed by atoms with E-state index in [4.69, 9.17) is 9.79 Å². The molecule has 2 N–H and O–H groups in total. The Morgan fingerprint density at radius 2 is 1.67 bits per heavy atom. The number of rotatable bonds is 3. The van der Waals surface area contributed by atoms with Gasteiger partial charge in [0.1, 0.15) is 5.75 Å². The van der Waals surface area contributed by atoms with Gasteiger partial charge in [0.05, 0.1) is 0 Å². The first-order chi connectivity index (χ1) is 8.44. The highest BCUT2D eigenvalue weighted by atomic mass is 31.2. The summed E-state index contributed by atoms with van der Waals surface area (Å²) in [5, 5.41) is 0. The van der Waals surface area contributed by atoms with E-state index in [9.17, 15) is 4.57 Å². The molecular formula is C13H19O4P. The Morgan fingerprint density at radius 3 is 2.17 bits per heavy atom. The van der Waals surface area contributed by atoms with Crippen molar-refractivity contribution in [2.24, 2.45) is 5.92 Å². The molecule has 2 rings (SSSR count). The van der Waals surface area contributed by atoms with Gasteiger partial charge in [-0.3, -0.25) is 9.79 Å². The lowest BCUT2D eigenvalue weighted by atomic mass is 9.79. The second kappa shape index (κ2) is 5.43. The minimum Gasteiger partial charge on any atom is -0.404 e. The summed E-state index contributed by atoms with van der Waals surface area (Å²) in [6.45, 7) is 2.28. The van der Waals surface area contributed by atoms with Crippen LogP contribution in [0, 0.1) is 5.92 Å². The van der Waals surface area contributed by atoms with Crippen LogP contribution < -0.4 is 4.52 Å². The fourth-order valence-electron chi connectivity index (χ4n) is 2.53. The van der Waals surface area contributed by atoms with Gasteiger partial charge in [0.15, 0.2) is 0 Å². The van der Waals surface area contributed by atoms with Gasteiger partial charge >= 0.3 is 7.82 Å². The number of benzene rings is 1. The van der Waals surface area contributed by atoms with Crippen molar-refractivity contribution in [1.29, 1.82) is 0 Å². The molecular weight excluding hydrogens is 251 g/mol. The van der Waals surface area contributed by atoms with E-state index in [1.165, 1.54) is 31.2 Å². The van der Waals surface area contributed by atoms with E-state index in [2.05, 4.69) is 11.4 Å².